The van der Waals surface area contributed by atoms with Crippen LogP contribution in [0.4, 0.5) is 5.69 Å². The summed E-state index contributed by atoms with van der Waals surface area (Å²) >= 11 is 0. The van der Waals surface area contributed by atoms with Crippen LogP contribution in [-0.4, -0.2) is 16.6 Å². The van der Waals surface area contributed by atoms with E-state index in [1.165, 1.54) is 12.1 Å². The first-order valence-corrected chi connectivity index (χ1v) is 4.39. The fourth-order valence-corrected chi connectivity index (χ4v) is 1.48. The molecule has 1 atom stereocenters. The van der Waals surface area contributed by atoms with E-state index in [0.717, 1.165) is 18.5 Å². The van der Waals surface area contributed by atoms with Crippen LogP contribution < -0.4 is 5.32 Å². The number of nitro benzene ring substituents is 1. The number of hydrogen-bond donors (Lipinski definition) is 2. The molecule has 1 aromatic rings. The lowest BCUT2D eigenvalue weighted by Crippen LogP contribution is -2.34. The second kappa shape index (κ2) is 3.26. The van der Waals surface area contributed by atoms with E-state index in [2.05, 4.69) is 5.32 Å². The first-order chi connectivity index (χ1) is 6.68. The highest BCUT2D eigenvalue weighted by atomic mass is 16.6. The summed E-state index contributed by atoms with van der Waals surface area (Å²) in [5, 5.41) is 22.9. The van der Waals surface area contributed by atoms with Crippen LogP contribution in [0.25, 0.3) is 0 Å². The molecule has 5 nitrogen and oxygen atoms in total. The Morgan fingerprint density at radius 1 is 1.57 bits per heavy atom. The molecule has 0 spiro atoms. The predicted molar refractivity (Wildman–Crippen MR) is 50.1 cm³/mol. The number of nitrogens with one attached hydrogen (secondary N) is 1. The van der Waals surface area contributed by atoms with Gasteiger partial charge in [-0.3, -0.25) is 10.1 Å². The zero-order valence-corrected chi connectivity index (χ0v) is 7.43. The summed E-state index contributed by atoms with van der Waals surface area (Å²) in [4.78, 5) is 9.83. The van der Waals surface area contributed by atoms with E-state index in [-0.39, 0.29) is 17.5 Å². The predicted octanol–water partition coefficient (Wildman–Crippen LogP) is 1.33. The Morgan fingerprint density at radius 3 is 2.71 bits per heavy atom. The van der Waals surface area contributed by atoms with Crippen molar-refractivity contribution in [3.05, 3.63) is 33.9 Å². The highest BCUT2D eigenvalue weighted by Gasteiger charge is 2.21. The maximum absolute atomic E-state index is 10.4. The fraction of sp³-hybridized carbons (Fsp3) is 0.333. The smallest absolute Gasteiger partial charge is 0.310 e. The first kappa shape index (κ1) is 8.96. The van der Waals surface area contributed by atoms with E-state index in [4.69, 9.17) is 0 Å². The Labute approximate surface area is 80.5 Å². The maximum atomic E-state index is 10.4. The maximum Gasteiger partial charge on any atom is 0.310 e. The molecule has 0 amide bonds. The van der Waals surface area contributed by atoms with Gasteiger partial charge in [0.2, 0.25) is 0 Å². The molecule has 1 aliphatic rings. The van der Waals surface area contributed by atoms with E-state index in [0.29, 0.717) is 0 Å². The average molecular weight is 194 g/mol. The SMILES string of the molecule is O=[N+]([O-])c1ccc([C@@H]2CCN2)cc1O. The molecular formula is C9H10N2O3. The largest absolute Gasteiger partial charge is 0.502 e. The Bertz CT molecular complexity index is 374. The molecule has 1 heterocycles. The molecule has 2 rings (SSSR count). The van der Waals surface area contributed by atoms with Crippen molar-refractivity contribution in [3.63, 3.8) is 0 Å². The Kier molecular flexibility index (Phi) is 2.09. The lowest BCUT2D eigenvalue weighted by molar-refractivity contribution is -0.385. The third kappa shape index (κ3) is 1.42. The molecule has 1 aromatic carbocycles. The number of phenolic OH excluding ortho intramolecular Hbond substituents is 1. The second-order valence-corrected chi connectivity index (χ2v) is 3.30. The van der Waals surface area contributed by atoms with Gasteiger partial charge in [0.25, 0.3) is 0 Å². The molecule has 0 saturated carbocycles. The molecule has 0 unspecified atom stereocenters. The molecule has 0 aromatic heterocycles. The van der Waals surface area contributed by atoms with Crippen LogP contribution in [0.5, 0.6) is 5.75 Å². The minimum absolute atomic E-state index is 0.238. The van der Waals surface area contributed by atoms with Gasteiger partial charge in [0, 0.05) is 12.1 Å². The van der Waals surface area contributed by atoms with Gasteiger partial charge < -0.3 is 10.4 Å². The summed E-state index contributed by atoms with van der Waals surface area (Å²) in [6.45, 7) is 0.961. The topological polar surface area (TPSA) is 75.4 Å². The first-order valence-electron chi connectivity index (χ1n) is 4.39. The molecule has 14 heavy (non-hydrogen) atoms. The van der Waals surface area contributed by atoms with Gasteiger partial charge in [-0.05, 0) is 24.6 Å². The van der Waals surface area contributed by atoms with Crippen LogP contribution in [-0.2, 0) is 0 Å². The van der Waals surface area contributed by atoms with Crippen molar-refractivity contribution in [2.24, 2.45) is 0 Å². The van der Waals surface area contributed by atoms with Crippen molar-refractivity contribution in [2.75, 3.05) is 6.54 Å². The van der Waals surface area contributed by atoms with Crippen molar-refractivity contribution in [2.45, 2.75) is 12.5 Å². The Hall–Kier alpha value is -1.62. The molecular weight excluding hydrogens is 184 g/mol. The molecule has 74 valence electrons. The van der Waals surface area contributed by atoms with Crippen molar-refractivity contribution in [1.82, 2.24) is 5.32 Å². The van der Waals surface area contributed by atoms with Gasteiger partial charge in [-0.1, -0.05) is 6.07 Å². The van der Waals surface area contributed by atoms with E-state index in [9.17, 15) is 15.2 Å². The summed E-state index contributed by atoms with van der Waals surface area (Å²) in [5.74, 6) is -0.263. The third-order valence-corrected chi connectivity index (χ3v) is 2.42. The number of rotatable bonds is 2. The summed E-state index contributed by atoms with van der Waals surface area (Å²) < 4.78 is 0. The fourth-order valence-electron chi connectivity index (χ4n) is 1.48. The molecule has 5 heteroatoms. The number of nitro groups is 1. The molecule has 1 saturated heterocycles. The van der Waals surface area contributed by atoms with E-state index in [1.54, 1.807) is 6.07 Å². The van der Waals surface area contributed by atoms with Crippen LogP contribution in [0.3, 0.4) is 0 Å². The highest BCUT2D eigenvalue weighted by Crippen LogP contribution is 2.31. The highest BCUT2D eigenvalue weighted by molar-refractivity contribution is 5.48. The van der Waals surface area contributed by atoms with Gasteiger partial charge in [0.15, 0.2) is 5.75 Å². The average Bonchev–Trinajstić information content (AvgIpc) is 2.00. The van der Waals surface area contributed by atoms with Crippen LogP contribution >= 0.6 is 0 Å². The van der Waals surface area contributed by atoms with Gasteiger partial charge in [-0.25, -0.2) is 0 Å². The summed E-state index contributed by atoms with van der Waals surface area (Å²) in [5.41, 5.74) is 0.660. The second-order valence-electron chi connectivity index (χ2n) is 3.30. The number of hydrogen-bond acceptors (Lipinski definition) is 4. The molecule has 0 aliphatic carbocycles. The number of aromatic hydroxyl groups is 1. The molecule has 0 radical (unpaired) electrons. The van der Waals surface area contributed by atoms with Crippen molar-refractivity contribution in [1.29, 1.82) is 0 Å². The molecule has 1 aliphatic heterocycles. The van der Waals surface area contributed by atoms with Crippen LogP contribution in [0.15, 0.2) is 18.2 Å². The zero-order chi connectivity index (χ0) is 10.1. The van der Waals surface area contributed by atoms with Crippen molar-refractivity contribution in [3.8, 4) is 5.75 Å². The van der Waals surface area contributed by atoms with Crippen LogP contribution in [0.1, 0.15) is 18.0 Å². The summed E-state index contributed by atoms with van der Waals surface area (Å²) in [6, 6.07) is 4.70. The van der Waals surface area contributed by atoms with Gasteiger partial charge in [-0.15, -0.1) is 0 Å². The minimum atomic E-state index is -0.590. The number of nitrogens with zero attached hydrogens (tertiary/aromatic N) is 1. The van der Waals surface area contributed by atoms with E-state index in [1.807, 2.05) is 0 Å². The van der Waals surface area contributed by atoms with E-state index < -0.39 is 4.92 Å². The standard InChI is InChI=1S/C9H10N2O3/c12-9-5-6(7-3-4-10-7)1-2-8(9)11(13)14/h1-2,5,7,10,12H,3-4H2/t7-/m0/s1. The van der Waals surface area contributed by atoms with Crippen LogP contribution in [0.2, 0.25) is 0 Å². The normalized spacial score (nSPS) is 20.1. The van der Waals surface area contributed by atoms with Gasteiger partial charge >= 0.3 is 5.69 Å². The lowest BCUT2D eigenvalue weighted by Gasteiger charge is -2.27. The third-order valence-electron chi connectivity index (χ3n) is 2.42. The Morgan fingerprint density at radius 2 is 2.29 bits per heavy atom. The monoisotopic (exact) mass is 194 g/mol. The van der Waals surface area contributed by atoms with Gasteiger partial charge in [0.05, 0.1) is 4.92 Å². The molecule has 2 N–H and O–H groups in total. The zero-order valence-electron chi connectivity index (χ0n) is 7.43. The van der Waals surface area contributed by atoms with E-state index >= 15 is 0 Å². The molecule has 1 fully saturated rings. The molecule has 0 bridgehead atoms. The lowest BCUT2D eigenvalue weighted by atomic mass is 9.97. The minimum Gasteiger partial charge on any atom is -0.502 e. The van der Waals surface area contributed by atoms with Gasteiger partial charge in [-0.2, -0.15) is 0 Å². The van der Waals surface area contributed by atoms with Crippen LogP contribution in [0, 0.1) is 10.1 Å². The van der Waals surface area contributed by atoms with Crippen molar-refractivity contribution < 1.29 is 10.0 Å². The number of phenols is 1. The summed E-state index contributed by atoms with van der Waals surface area (Å²) in [6.07, 6.45) is 1.01. The van der Waals surface area contributed by atoms with Gasteiger partial charge in [0.1, 0.15) is 0 Å². The quantitative estimate of drug-likeness (QED) is 0.550. The van der Waals surface area contributed by atoms with Crippen molar-refractivity contribution >= 4 is 5.69 Å². The summed E-state index contributed by atoms with van der Waals surface area (Å²) in [7, 11) is 0. The number of benzene rings is 1. The Balaban J connectivity index is 2.30.